The quantitative estimate of drug-likeness (QED) is 0.392. The first-order valence-electron chi connectivity index (χ1n) is 7.01. The molecule has 2 aromatic heterocycles. The minimum absolute atomic E-state index is 0.474. The van der Waals surface area contributed by atoms with Crippen molar-refractivity contribution in [2.75, 3.05) is 11.6 Å². The second kappa shape index (κ2) is 5.99. The van der Waals surface area contributed by atoms with E-state index < -0.39 is 0 Å². The number of hydrogen-bond donors (Lipinski definition) is 1. The number of benzene rings is 2. The van der Waals surface area contributed by atoms with Crippen molar-refractivity contribution in [2.24, 2.45) is 0 Å². The molecule has 2 aromatic carbocycles. The van der Waals surface area contributed by atoms with Crippen LogP contribution in [0.25, 0.3) is 21.3 Å². The zero-order chi connectivity index (χ0) is 15.8. The fourth-order valence-corrected chi connectivity index (χ4v) is 4.22. The van der Waals surface area contributed by atoms with E-state index in [1.807, 2.05) is 47.2 Å². The van der Waals surface area contributed by atoms with Gasteiger partial charge in [0.2, 0.25) is 0 Å². The lowest BCUT2D eigenvalue weighted by atomic mass is 10.3. The van der Waals surface area contributed by atoms with E-state index in [9.17, 15) is 0 Å². The number of hydrogen-bond acceptors (Lipinski definition) is 6. The van der Waals surface area contributed by atoms with Crippen LogP contribution in [-0.2, 0) is 6.67 Å². The van der Waals surface area contributed by atoms with Gasteiger partial charge in [-0.05, 0) is 48.8 Å². The molecule has 7 heteroatoms. The summed E-state index contributed by atoms with van der Waals surface area (Å²) in [7, 11) is 0. The van der Waals surface area contributed by atoms with Gasteiger partial charge in [0.25, 0.3) is 4.84 Å². The van der Waals surface area contributed by atoms with E-state index in [1.165, 1.54) is 4.70 Å². The van der Waals surface area contributed by atoms with Crippen LogP contribution in [0.4, 0.5) is 5.69 Å². The van der Waals surface area contributed by atoms with Gasteiger partial charge in [-0.2, -0.15) is 0 Å². The van der Waals surface area contributed by atoms with Crippen molar-refractivity contribution in [3.05, 3.63) is 47.3 Å². The van der Waals surface area contributed by atoms with E-state index in [0.29, 0.717) is 11.5 Å². The zero-order valence-corrected chi connectivity index (χ0v) is 14.7. The predicted molar refractivity (Wildman–Crippen MR) is 100 cm³/mol. The second-order valence-electron chi connectivity index (χ2n) is 4.97. The summed E-state index contributed by atoms with van der Waals surface area (Å²) in [6, 6.07) is 14.1. The Bertz CT molecular complexity index is 1050. The summed E-state index contributed by atoms with van der Waals surface area (Å²) in [4.78, 5) is 5.03. The fourth-order valence-electron chi connectivity index (χ4n) is 2.43. The van der Waals surface area contributed by atoms with Gasteiger partial charge in [-0.15, -0.1) is 11.3 Å². The number of anilines is 1. The van der Waals surface area contributed by atoms with E-state index in [2.05, 4.69) is 16.4 Å². The number of aromatic nitrogens is 2. The minimum atomic E-state index is 0.474. The van der Waals surface area contributed by atoms with Crippen molar-refractivity contribution in [3.63, 3.8) is 0 Å². The van der Waals surface area contributed by atoms with E-state index >= 15 is 0 Å². The summed E-state index contributed by atoms with van der Waals surface area (Å²) in [6.07, 6.45) is 2.04. The van der Waals surface area contributed by atoms with Crippen LogP contribution < -0.4 is 5.32 Å². The van der Waals surface area contributed by atoms with Crippen molar-refractivity contribution >= 4 is 62.3 Å². The highest BCUT2D eigenvalue weighted by Crippen LogP contribution is 2.30. The summed E-state index contributed by atoms with van der Waals surface area (Å²) in [5, 5.41) is 3.41. The van der Waals surface area contributed by atoms with Crippen LogP contribution in [0.15, 0.2) is 51.2 Å². The normalized spacial score (nSPS) is 11.3. The molecule has 2 heterocycles. The number of rotatable bonds is 4. The lowest BCUT2D eigenvalue weighted by Crippen LogP contribution is -2.07. The Morgan fingerprint density at radius 1 is 1.30 bits per heavy atom. The molecule has 116 valence electrons. The SMILES string of the molecule is CSc1nc2ccc(NCn3c(=S)oc4ccccc43)cc2s1. The zero-order valence-electron chi connectivity index (χ0n) is 12.3. The van der Waals surface area contributed by atoms with E-state index in [-0.39, 0.29) is 0 Å². The summed E-state index contributed by atoms with van der Waals surface area (Å²) in [5.74, 6) is 0. The average Bonchev–Trinajstić information content (AvgIpc) is 3.12. The maximum Gasteiger partial charge on any atom is 0.271 e. The molecule has 0 spiro atoms. The van der Waals surface area contributed by atoms with Crippen LogP contribution >= 0.6 is 35.3 Å². The van der Waals surface area contributed by atoms with Crippen molar-refractivity contribution < 1.29 is 4.42 Å². The summed E-state index contributed by atoms with van der Waals surface area (Å²) < 4.78 is 9.82. The van der Waals surface area contributed by atoms with Crippen molar-refractivity contribution in [2.45, 2.75) is 11.0 Å². The number of nitrogens with zero attached hydrogens (tertiary/aromatic N) is 2. The minimum Gasteiger partial charge on any atom is -0.429 e. The fraction of sp³-hybridized carbons (Fsp3) is 0.125. The predicted octanol–water partition coefficient (Wildman–Crippen LogP) is 5.36. The topological polar surface area (TPSA) is 43.0 Å². The van der Waals surface area contributed by atoms with E-state index in [0.717, 1.165) is 26.6 Å². The number of oxazole rings is 1. The Morgan fingerprint density at radius 3 is 3.04 bits per heavy atom. The molecule has 0 fully saturated rings. The summed E-state index contributed by atoms with van der Waals surface area (Å²) >= 11 is 8.69. The Morgan fingerprint density at radius 2 is 2.17 bits per heavy atom. The highest BCUT2D eigenvalue weighted by Gasteiger charge is 2.07. The molecule has 0 aliphatic heterocycles. The molecule has 0 bridgehead atoms. The molecule has 23 heavy (non-hydrogen) atoms. The summed E-state index contributed by atoms with van der Waals surface area (Å²) in [5.41, 5.74) is 3.88. The van der Waals surface area contributed by atoms with Gasteiger partial charge in [0.15, 0.2) is 9.92 Å². The number of fused-ring (bicyclic) bond motifs is 2. The molecule has 4 rings (SSSR count). The lowest BCUT2D eigenvalue weighted by molar-refractivity contribution is 0.546. The number of nitrogens with one attached hydrogen (secondary N) is 1. The average molecular weight is 360 g/mol. The molecule has 0 aliphatic carbocycles. The van der Waals surface area contributed by atoms with Crippen molar-refractivity contribution in [1.82, 2.24) is 9.55 Å². The third-order valence-corrected chi connectivity index (χ3v) is 5.87. The molecule has 4 aromatic rings. The molecule has 0 saturated heterocycles. The third-order valence-electron chi connectivity index (χ3n) is 3.56. The van der Waals surface area contributed by atoms with Crippen LogP contribution in [0.2, 0.25) is 0 Å². The Balaban J connectivity index is 1.63. The van der Waals surface area contributed by atoms with Crippen molar-refractivity contribution in [1.29, 1.82) is 0 Å². The molecule has 0 unspecified atom stereocenters. The highest BCUT2D eigenvalue weighted by molar-refractivity contribution is 8.00. The first-order valence-corrected chi connectivity index (χ1v) is 9.46. The molecule has 0 atom stereocenters. The number of thioether (sulfide) groups is 1. The number of para-hydroxylation sites is 2. The molecule has 0 saturated carbocycles. The monoisotopic (exact) mass is 359 g/mol. The Hall–Kier alpha value is -1.83. The van der Waals surface area contributed by atoms with E-state index in [4.69, 9.17) is 16.6 Å². The van der Waals surface area contributed by atoms with Crippen LogP contribution in [0, 0.1) is 4.84 Å². The van der Waals surface area contributed by atoms with Gasteiger partial charge in [0, 0.05) is 5.69 Å². The maximum atomic E-state index is 5.60. The van der Waals surface area contributed by atoms with Crippen LogP contribution in [0.3, 0.4) is 0 Å². The smallest absolute Gasteiger partial charge is 0.271 e. The van der Waals surface area contributed by atoms with E-state index in [1.54, 1.807) is 23.1 Å². The van der Waals surface area contributed by atoms with Crippen molar-refractivity contribution in [3.8, 4) is 0 Å². The lowest BCUT2D eigenvalue weighted by Gasteiger charge is -2.07. The highest BCUT2D eigenvalue weighted by atomic mass is 32.2. The van der Waals surface area contributed by atoms with Gasteiger partial charge < -0.3 is 9.73 Å². The van der Waals surface area contributed by atoms with Gasteiger partial charge in [0.1, 0.15) is 0 Å². The first-order chi connectivity index (χ1) is 11.2. The maximum absolute atomic E-state index is 5.60. The Labute approximate surface area is 146 Å². The standard InChI is InChI=1S/C16H13N3OS3/c1-22-15-18-11-7-6-10(8-14(11)23-15)17-9-19-12-4-2-3-5-13(12)20-16(19)21/h2-8,17H,9H2,1H3. The third kappa shape index (κ3) is 2.75. The van der Waals surface area contributed by atoms with Gasteiger partial charge in [-0.3, -0.25) is 4.57 Å². The molecule has 1 N–H and O–H groups in total. The van der Waals surface area contributed by atoms with Gasteiger partial charge in [0.05, 0.1) is 22.4 Å². The van der Waals surface area contributed by atoms with Gasteiger partial charge >= 0.3 is 0 Å². The van der Waals surface area contributed by atoms with Gasteiger partial charge in [-0.1, -0.05) is 23.9 Å². The molecular weight excluding hydrogens is 346 g/mol. The molecular formula is C16H13N3OS3. The summed E-state index contributed by atoms with van der Waals surface area (Å²) in [6.45, 7) is 0.565. The van der Waals surface area contributed by atoms with Gasteiger partial charge in [-0.25, -0.2) is 4.98 Å². The molecule has 4 nitrogen and oxygen atoms in total. The van der Waals surface area contributed by atoms with Crippen LogP contribution in [0.5, 0.6) is 0 Å². The second-order valence-corrected chi connectivity index (χ2v) is 7.40. The Kier molecular flexibility index (Phi) is 3.84. The number of thiazole rings is 1. The van der Waals surface area contributed by atoms with Crippen LogP contribution in [-0.4, -0.2) is 15.8 Å². The first kappa shape index (κ1) is 14.7. The largest absolute Gasteiger partial charge is 0.429 e. The molecule has 0 amide bonds. The van der Waals surface area contributed by atoms with Crippen LogP contribution in [0.1, 0.15) is 0 Å². The molecule has 0 aliphatic rings. The molecule has 0 radical (unpaired) electrons.